The van der Waals surface area contributed by atoms with E-state index < -0.39 is 86.6 Å². The first-order valence-electron chi connectivity index (χ1n) is 25.3. The van der Waals surface area contributed by atoms with Gasteiger partial charge in [-0.3, -0.25) is 9.59 Å². The molecular formula is C48H92N2O13. The van der Waals surface area contributed by atoms with Gasteiger partial charge in [0.15, 0.2) is 12.6 Å². The second-order valence-corrected chi connectivity index (χ2v) is 18.5. The molecule has 0 aromatic heterocycles. The van der Waals surface area contributed by atoms with Crippen molar-refractivity contribution in [3.63, 3.8) is 0 Å². The third-order valence-corrected chi connectivity index (χ3v) is 12.7. The van der Waals surface area contributed by atoms with Crippen LogP contribution in [0.2, 0.25) is 0 Å². The van der Waals surface area contributed by atoms with E-state index in [1.165, 1.54) is 89.9 Å². The van der Waals surface area contributed by atoms with Crippen molar-refractivity contribution in [3.05, 3.63) is 0 Å². The van der Waals surface area contributed by atoms with Crippen LogP contribution in [-0.4, -0.2) is 129 Å². The summed E-state index contributed by atoms with van der Waals surface area (Å²) in [6.07, 6.45) is 15.1. The molecule has 63 heavy (non-hydrogen) atoms. The Bertz CT molecular complexity index is 1060. The van der Waals surface area contributed by atoms with Gasteiger partial charge in [0, 0.05) is 24.9 Å². The Balaban J connectivity index is 1.62. The van der Waals surface area contributed by atoms with Crippen LogP contribution in [0, 0.1) is 0 Å². The number of carbonyl (C=O) groups excluding carboxylic acids is 2. The van der Waals surface area contributed by atoms with Gasteiger partial charge in [0.05, 0.1) is 0 Å². The van der Waals surface area contributed by atoms with Crippen LogP contribution >= 0.6 is 0 Å². The summed E-state index contributed by atoms with van der Waals surface area (Å²) in [5.74, 6) is -0.998. The minimum Gasteiger partial charge on any atom is -0.463 e. The molecule has 2 rings (SSSR count). The Kier molecular flexibility index (Phi) is 32.6. The summed E-state index contributed by atoms with van der Waals surface area (Å²) >= 11 is 0. The standard InChI is InChI=1S/C48H92N2O13/c1-3-5-7-21-27-35(49)29-23-17-13-9-11-15-19-25-31-39(51)59-33-37-41(53)43(55)45(57)47(61-37)63-48-46(58)44(56)42(54)38(62-48)34-60-40(52)32-26-20-16-12-10-14-18-24-30-36(50)28-22-8-6-4-2/h35-38,41-48,53-58H,3-34,49-50H2,1-2H3/t35?,36?,37-,38+,41-,42+,43+,44-,45-,46+,47-,48+. The number of nitrogens with two attached hydrogens (primary N) is 2. The fourth-order valence-corrected chi connectivity index (χ4v) is 8.39. The van der Waals surface area contributed by atoms with E-state index in [2.05, 4.69) is 13.8 Å². The number of hydrogen-bond acceptors (Lipinski definition) is 15. The lowest BCUT2D eigenvalue weighted by Gasteiger charge is -2.44. The molecule has 15 heteroatoms. The van der Waals surface area contributed by atoms with Crippen molar-refractivity contribution in [2.24, 2.45) is 11.5 Å². The fourth-order valence-electron chi connectivity index (χ4n) is 8.39. The van der Waals surface area contributed by atoms with Gasteiger partial charge in [-0.25, -0.2) is 0 Å². The maximum absolute atomic E-state index is 12.5. The molecule has 2 saturated heterocycles. The Morgan fingerprint density at radius 2 is 0.714 bits per heavy atom. The van der Waals surface area contributed by atoms with Gasteiger partial charge in [-0.2, -0.15) is 0 Å². The minimum atomic E-state index is -1.81. The van der Waals surface area contributed by atoms with E-state index in [4.69, 9.17) is 35.2 Å². The van der Waals surface area contributed by atoms with Gasteiger partial charge < -0.3 is 65.8 Å². The van der Waals surface area contributed by atoms with Gasteiger partial charge in [-0.15, -0.1) is 0 Å². The predicted molar refractivity (Wildman–Crippen MR) is 242 cm³/mol. The highest BCUT2D eigenvalue weighted by atomic mass is 16.8. The van der Waals surface area contributed by atoms with Gasteiger partial charge in [-0.05, 0) is 38.5 Å². The highest BCUT2D eigenvalue weighted by Gasteiger charge is 2.50. The van der Waals surface area contributed by atoms with Gasteiger partial charge in [0.25, 0.3) is 0 Å². The molecule has 2 aliphatic heterocycles. The molecule has 2 unspecified atom stereocenters. The largest absolute Gasteiger partial charge is 0.463 e. The van der Waals surface area contributed by atoms with Crippen molar-refractivity contribution < 1.29 is 63.9 Å². The van der Waals surface area contributed by atoms with Crippen LogP contribution in [0.15, 0.2) is 0 Å². The normalized spacial score (nSPS) is 27.3. The molecule has 10 N–H and O–H groups in total. The molecule has 372 valence electrons. The van der Waals surface area contributed by atoms with E-state index in [-0.39, 0.29) is 12.8 Å². The number of hydrogen-bond donors (Lipinski definition) is 8. The van der Waals surface area contributed by atoms with Gasteiger partial charge in [-0.1, -0.05) is 155 Å². The molecule has 0 aliphatic carbocycles. The molecule has 0 aromatic carbocycles. The molecule has 15 nitrogen and oxygen atoms in total. The quantitative estimate of drug-likeness (QED) is 0.0257. The van der Waals surface area contributed by atoms with E-state index in [0.29, 0.717) is 24.9 Å². The lowest BCUT2D eigenvalue weighted by molar-refractivity contribution is -0.376. The lowest BCUT2D eigenvalue weighted by Crippen LogP contribution is -2.64. The molecule has 0 bridgehead atoms. The summed E-state index contributed by atoms with van der Waals surface area (Å²) < 4.78 is 27.6. The second kappa shape index (κ2) is 35.7. The molecular weight excluding hydrogens is 813 g/mol. The number of unbranched alkanes of at least 4 members (excludes halogenated alkanes) is 20. The van der Waals surface area contributed by atoms with Gasteiger partial charge in [0.1, 0.15) is 62.0 Å². The van der Waals surface area contributed by atoms with E-state index in [1.807, 2.05) is 0 Å². The maximum atomic E-state index is 12.5. The van der Waals surface area contributed by atoms with Crippen LogP contribution in [-0.2, 0) is 33.3 Å². The van der Waals surface area contributed by atoms with Crippen molar-refractivity contribution in [1.82, 2.24) is 0 Å². The van der Waals surface area contributed by atoms with E-state index >= 15 is 0 Å². The van der Waals surface area contributed by atoms with E-state index in [9.17, 15) is 40.2 Å². The minimum absolute atomic E-state index is 0.175. The molecule has 2 aliphatic rings. The monoisotopic (exact) mass is 905 g/mol. The molecule has 0 amide bonds. The topological polar surface area (TPSA) is 254 Å². The number of ether oxygens (including phenoxy) is 5. The molecule has 0 aromatic rings. The van der Waals surface area contributed by atoms with Gasteiger partial charge in [0.2, 0.25) is 0 Å². The van der Waals surface area contributed by atoms with Crippen LogP contribution < -0.4 is 11.5 Å². The van der Waals surface area contributed by atoms with Crippen molar-refractivity contribution >= 4 is 11.9 Å². The average molecular weight is 905 g/mol. The van der Waals surface area contributed by atoms with Crippen LogP contribution in [0.1, 0.15) is 206 Å². The lowest BCUT2D eigenvalue weighted by atomic mass is 9.98. The smallest absolute Gasteiger partial charge is 0.305 e. The molecule has 0 radical (unpaired) electrons. The first-order chi connectivity index (χ1) is 30.4. The highest BCUT2D eigenvalue weighted by molar-refractivity contribution is 5.69. The summed E-state index contributed by atoms with van der Waals surface area (Å²) in [4.78, 5) is 25.0. The zero-order chi connectivity index (χ0) is 46.2. The van der Waals surface area contributed by atoms with Crippen LogP contribution in [0.3, 0.4) is 0 Å². The zero-order valence-corrected chi connectivity index (χ0v) is 39.3. The molecule has 12 atom stereocenters. The number of carbonyl (C=O) groups is 2. The van der Waals surface area contributed by atoms with Crippen molar-refractivity contribution in [1.29, 1.82) is 0 Å². The Morgan fingerprint density at radius 3 is 1.03 bits per heavy atom. The summed E-state index contributed by atoms with van der Waals surface area (Å²) in [6, 6.07) is 0.633. The molecule has 2 fully saturated rings. The van der Waals surface area contributed by atoms with E-state index in [1.54, 1.807) is 0 Å². The van der Waals surface area contributed by atoms with Crippen molar-refractivity contribution in [2.75, 3.05) is 13.2 Å². The Hall–Kier alpha value is -1.50. The molecule has 0 saturated carbocycles. The first kappa shape index (κ1) is 57.6. The molecule has 2 heterocycles. The third-order valence-electron chi connectivity index (χ3n) is 12.7. The van der Waals surface area contributed by atoms with Crippen molar-refractivity contribution in [2.45, 2.75) is 280 Å². The Labute approximate surface area is 379 Å². The first-order valence-corrected chi connectivity index (χ1v) is 25.3. The van der Waals surface area contributed by atoms with Crippen LogP contribution in [0.5, 0.6) is 0 Å². The average Bonchev–Trinajstić information content (AvgIpc) is 3.27. The second-order valence-electron chi connectivity index (χ2n) is 18.5. The van der Waals surface area contributed by atoms with Gasteiger partial charge >= 0.3 is 11.9 Å². The number of aliphatic hydroxyl groups is 6. The third kappa shape index (κ3) is 25.3. The number of rotatable bonds is 38. The van der Waals surface area contributed by atoms with Crippen LogP contribution in [0.25, 0.3) is 0 Å². The summed E-state index contributed by atoms with van der Waals surface area (Å²) in [5.41, 5.74) is 12.5. The van der Waals surface area contributed by atoms with Crippen molar-refractivity contribution in [3.8, 4) is 0 Å². The van der Waals surface area contributed by atoms with E-state index in [0.717, 1.165) is 77.0 Å². The summed E-state index contributed by atoms with van der Waals surface area (Å²) in [6.45, 7) is 3.56. The predicted octanol–water partition coefficient (Wildman–Crippen LogP) is 6.10. The summed E-state index contributed by atoms with van der Waals surface area (Å²) in [7, 11) is 0. The number of aliphatic hydroxyl groups excluding tert-OH is 6. The highest BCUT2D eigenvalue weighted by Crippen LogP contribution is 2.29. The zero-order valence-electron chi connectivity index (χ0n) is 39.3. The Morgan fingerprint density at radius 1 is 0.429 bits per heavy atom. The van der Waals surface area contributed by atoms with Crippen LogP contribution in [0.4, 0.5) is 0 Å². The summed E-state index contributed by atoms with van der Waals surface area (Å²) in [5, 5.41) is 63.5. The SMILES string of the molecule is CCCCCCC(N)CCCCCCCCCCC(=O)OC[C@@H]1O[C@@H](O[C@H]2O[C@H](COC(=O)CCCCCCCCCCC(N)CCCCCC)[C@@H](O)[C@H](O)[C@H]2O)[C@@H](O)[C@H](O)[C@H]1O. The molecule has 0 spiro atoms. The maximum Gasteiger partial charge on any atom is 0.305 e. The number of esters is 2. The fraction of sp³-hybridized carbons (Fsp3) is 0.958.